The first kappa shape index (κ1) is 16.5. The highest BCUT2D eigenvalue weighted by atomic mass is 16.2. The molecule has 1 fully saturated rings. The Morgan fingerprint density at radius 2 is 1.85 bits per heavy atom. The maximum atomic E-state index is 11.0. The molecule has 0 aromatic carbocycles. The minimum absolute atomic E-state index is 0.145. The lowest BCUT2D eigenvalue weighted by Gasteiger charge is -2.39. The molecular weight excluding hydrogens is 250 g/mol. The van der Waals surface area contributed by atoms with E-state index < -0.39 is 0 Å². The Kier molecular flexibility index (Phi) is 5.99. The summed E-state index contributed by atoms with van der Waals surface area (Å²) in [7, 11) is 0. The molecule has 0 saturated carbocycles. The zero-order valence-electron chi connectivity index (χ0n) is 13.5. The van der Waals surface area contributed by atoms with E-state index in [4.69, 9.17) is 0 Å². The van der Waals surface area contributed by atoms with Crippen LogP contribution in [0.5, 0.6) is 0 Å². The molecular formula is C16H27N3O. The van der Waals surface area contributed by atoms with Crippen LogP contribution in [0.4, 0.5) is 5.82 Å². The van der Waals surface area contributed by atoms with Crippen LogP contribution in [0.15, 0.2) is 12.3 Å². The van der Waals surface area contributed by atoms with Crippen LogP contribution in [0, 0.1) is 19.8 Å². The van der Waals surface area contributed by atoms with Gasteiger partial charge in [-0.15, -0.1) is 0 Å². The van der Waals surface area contributed by atoms with E-state index in [-0.39, 0.29) is 5.91 Å². The molecule has 0 spiro atoms. The molecule has 0 aliphatic carbocycles. The van der Waals surface area contributed by atoms with Crippen LogP contribution in [0.3, 0.4) is 0 Å². The number of hydrogen-bond acceptors (Lipinski definition) is 3. The maximum Gasteiger partial charge on any atom is 0.219 e. The Hall–Kier alpha value is -1.58. The molecule has 4 heteroatoms. The van der Waals surface area contributed by atoms with Gasteiger partial charge in [-0.2, -0.15) is 0 Å². The van der Waals surface area contributed by atoms with E-state index in [1.54, 1.807) is 6.92 Å². The fourth-order valence-corrected chi connectivity index (χ4v) is 1.74. The van der Waals surface area contributed by atoms with Crippen molar-refractivity contribution in [3.05, 3.63) is 23.4 Å². The van der Waals surface area contributed by atoms with Crippen molar-refractivity contribution >= 4 is 11.7 Å². The van der Waals surface area contributed by atoms with Gasteiger partial charge in [-0.3, -0.25) is 4.79 Å². The van der Waals surface area contributed by atoms with E-state index >= 15 is 0 Å². The number of nitrogens with one attached hydrogen (secondary N) is 1. The van der Waals surface area contributed by atoms with Gasteiger partial charge >= 0.3 is 0 Å². The van der Waals surface area contributed by atoms with E-state index in [1.165, 1.54) is 11.1 Å². The van der Waals surface area contributed by atoms with Gasteiger partial charge < -0.3 is 10.2 Å². The van der Waals surface area contributed by atoms with Gasteiger partial charge in [0.1, 0.15) is 5.82 Å². The summed E-state index contributed by atoms with van der Waals surface area (Å²) in [6, 6.07) is 2.39. The number of anilines is 1. The van der Waals surface area contributed by atoms with Gasteiger partial charge in [-0.25, -0.2) is 4.98 Å². The number of carbonyl (C=O) groups is 1. The van der Waals surface area contributed by atoms with Crippen molar-refractivity contribution in [1.82, 2.24) is 9.88 Å². The zero-order chi connectivity index (χ0) is 15.3. The first-order valence-electron chi connectivity index (χ1n) is 7.25. The molecule has 20 heavy (non-hydrogen) atoms. The fourth-order valence-electron chi connectivity index (χ4n) is 1.74. The smallest absolute Gasteiger partial charge is 0.219 e. The third-order valence-electron chi connectivity index (χ3n) is 3.05. The minimum atomic E-state index is 0.145. The van der Waals surface area contributed by atoms with Gasteiger partial charge in [-0.1, -0.05) is 20.8 Å². The molecule has 1 aromatic heterocycles. The summed E-state index contributed by atoms with van der Waals surface area (Å²) in [6.45, 7) is 13.8. The fraction of sp³-hybridized carbons (Fsp3) is 0.625. The number of hydrogen-bond donors (Lipinski definition) is 1. The lowest BCUT2D eigenvalue weighted by molar-refractivity contribution is -0.132. The molecule has 1 amide bonds. The zero-order valence-corrected chi connectivity index (χ0v) is 13.5. The standard InChI is InChI=1S/C12H17N3O.C4H10/c1-8-4-12(13-5-9(8)2)14-11-6-15(7-11)10(3)16;1-4(2)3/h4-5,11H,6-7H2,1-3H3,(H,13,14);4H,1-3H3. The molecule has 2 rings (SSSR count). The molecule has 0 bridgehead atoms. The summed E-state index contributed by atoms with van der Waals surface area (Å²) in [6.07, 6.45) is 1.87. The Balaban J connectivity index is 0.000000444. The van der Waals surface area contributed by atoms with Crippen molar-refractivity contribution in [3.8, 4) is 0 Å². The summed E-state index contributed by atoms with van der Waals surface area (Å²) in [5.41, 5.74) is 2.43. The van der Waals surface area contributed by atoms with Crippen molar-refractivity contribution in [1.29, 1.82) is 0 Å². The van der Waals surface area contributed by atoms with Gasteiger partial charge in [-0.05, 0) is 37.0 Å². The normalized spacial score (nSPS) is 14.4. The van der Waals surface area contributed by atoms with E-state index in [1.807, 2.05) is 24.1 Å². The molecule has 0 atom stereocenters. The number of likely N-dealkylation sites (tertiary alicyclic amines) is 1. The summed E-state index contributed by atoms with van der Waals surface area (Å²) in [5, 5.41) is 3.33. The second-order valence-electron chi connectivity index (χ2n) is 6.15. The summed E-state index contributed by atoms with van der Waals surface area (Å²) >= 11 is 0. The SMILES string of the molecule is CC(=O)N1CC(Nc2cc(C)c(C)cn2)C1.CC(C)C. The average molecular weight is 277 g/mol. The number of amides is 1. The molecule has 2 heterocycles. The number of rotatable bonds is 2. The summed E-state index contributed by atoms with van der Waals surface area (Å²) in [4.78, 5) is 17.1. The van der Waals surface area contributed by atoms with Crippen LogP contribution in [-0.2, 0) is 4.79 Å². The Labute approximate surface area is 122 Å². The van der Waals surface area contributed by atoms with Crippen LogP contribution in [0.25, 0.3) is 0 Å². The molecule has 1 aliphatic rings. The van der Waals surface area contributed by atoms with Crippen LogP contribution >= 0.6 is 0 Å². The number of carbonyl (C=O) groups excluding carboxylic acids is 1. The second kappa shape index (κ2) is 7.27. The maximum absolute atomic E-state index is 11.0. The van der Waals surface area contributed by atoms with Crippen molar-refractivity contribution in [2.45, 2.75) is 47.6 Å². The minimum Gasteiger partial charge on any atom is -0.364 e. The second-order valence-corrected chi connectivity index (χ2v) is 6.15. The molecule has 1 saturated heterocycles. The molecule has 0 unspecified atom stereocenters. The quantitative estimate of drug-likeness (QED) is 0.904. The Bertz CT molecular complexity index is 448. The molecule has 112 valence electrons. The lowest BCUT2D eigenvalue weighted by Crippen LogP contribution is -2.56. The average Bonchev–Trinajstić information content (AvgIpc) is 2.26. The highest BCUT2D eigenvalue weighted by Gasteiger charge is 2.28. The van der Waals surface area contributed by atoms with Crippen LogP contribution in [-0.4, -0.2) is 34.9 Å². The van der Waals surface area contributed by atoms with E-state index in [0.717, 1.165) is 24.8 Å². The van der Waals surface area contributed by atoms with Crippen LogP contribution in [0.1, 0.15) is 38.8 Å². The monoisotopic (exact) mass is 277 g/mol. The number of aryl methyl sites for hydroxylation is 2. The molecule has 1 aromatic rings. The molecule has 4 nitrogen and oxygen atoms in total. The number of aromatic nitrogens is 1. The number of nitrogens with zero attached hydrogens (tertiary/aromatic N) is 2. The molecule has 1 aliphatic heterocycles. The van der Waals surface area contributed by atoms with Gasteiger partial charge in [0.25, 0.3) is 0 Å². The van der Waals surface area contributed by atoms with Crippen molar-refractivity contribution in [2.24, 2.45) is 5.92 Å². The highest BCUT2D eigenvalue weighted by Crippen LogP contribution is 2.16. The Morgan fingerprint density at radius 3 is 2.30 bits per heavy atom. The van der Waals surface area contributed by atoms with Gasteiger partial charge in [0.2, 0.25) is 5.91 Å². The lowest BCUT2D eigenvalue weighted by atomic mass is 10.1. The van der Waals surface area contributed by atoms with E-state index in [0.29, 0.717) is 6.04 Å². The van der Waals surface area contributed by atoms with Gasteiger partial charge in [0, 0.05) is 26.2 Å². The van der Waals surface area contributed by atoms with Crippen molar-refractivity contribution < 1.29 is 4.79 Å². The van der Waals surface area contributed by atoms with E-state index in [9.17, 15) is 4.79 Å². The first-order chi connectivity index (χ1) is 9.29. The third-order valence-corrected chi connectivity index (χ3v) is 3.05. The van der Waals surface area contributed by atoms with Crippen LogP contribution in [0.2, 0.25) is 0 Å². The summed E-state index contributed by atoms with van der Waals surface area (Å²) < 4.78 is 0. The highest BCUT2D eigenvalue weighted by molar-refractivity contribution is 5.74. The molecule has 1 N–H and O–H groups in total. The first-order valence-corrected chi connectivity index (χ1v) is 7.25. The topological polar surface area (TPSA) is 45.2 Å². The third kappa shape index (κ3) is 5.19. The van der Waals surface area contributed by atoms with Crippen LogP contribution < -0.4 is 5.32 Å². The largest absolute Gasteiger partial charge is 0.364 e. The van der Waals surface area contributed by atoms with Crippen molar-refractivity contribution in [3.63, 3.8) is 0 Å². The number of pyridine rings is 1. The Morgan fingerprint density at radius 1 is 1.30 bits per heavy atom. The predicted octanol–water partition coefficient (Wildman–Crippen LogP) is 3.00. The summed E-state index contributed by atoms with van der Waals surface area (Å²) in [5.74, 6) is 1.88. The predicted molar refractivity (Wildman–Crippen MR) is 83.9 cm³/mol. The molecule has 0 radical (unpaired) electrons. The van der Waals surface area contributed by atoms with Crippen molar-refractivity contribution in [2.75, 3.05) is 18.4 Å². The van der Waals surface area contributed by atoms with Gasteiger partial charge in [0.15, 0.2) is 0 Å². The van der Waals surface area contributed by atoms with Gasteiger partial charge in [0.05, 0.1) is 6.04 Å². The van der Waals surface area contributed by atoms with E-state index in [2.05, 4.69) is 38.0 Å².